The van der Waals surface area contributed by atoms with Gasteiger partial charge < -0.3 is 4.98 Å². The van der Waals surface area contributed by atoms with Crippen molar-refractivity contribution in [2.45, 2.75) is 50.6 Å². The number of hydrogen-bond donors (Lipinski definition) is 2. The van der Waals surface area contributed by atoms with Gasteiger partial charge in [0.05, 0.1) is 6.04 Å². The van der Waals surface area contributed by atoms with Crippen molar-refractivity contribution < 1.29 is 0 Å². The Morgan fingerprint density at radius 2 is 2.10 bits per heavy atom. The summed E-state index contributed by atoms with van der Waals surface area (Å²) >= 11 is 0. The van der Waals surface area contributed by atoms with Crippen molar-refractivity contribution >= 4 is 12.2 Å². The fourth-order valence-electron chi connectivity index (χ4n) is 4.35. The molecule has 0 amide bonds. The lowest BCUT2D eigenvalue weighted by atomic mass is 9.73. The topological polar surface area (TPSA) is 46.7 Å². The van der Waals surface area contributed by atoms with Crippen LogP contribution >= 0.6 is 0 Å². The molecule has 0 bridgehead atoms. The van der Waals surface area contributed by atoms with Crippen molar-refractivity contribution in [1.82, 2.24) is 20.5 Å². The molecule has 108 valence electrons. The number of rotatable bonds is 1. The molecule has 0 spiro atoms. The molecular weight excluding hydrogens is 250 g/mol. The molecule has 2 atom stereocenters. The van der Waals surface area contributed by atoms with Crippen LogP contribution in [-0.4, -0.2) is 34.5 Å². The predicted molar refractivity (Wildman–Crippen MR) is 79.4 cm³/mol. The molecule has 1 saturated heterocycles. The fraction of sp³-hybridized carbons (Fsp3) is 0.667. The highest BCUT2D eigenvalue weighted by Gasteiger charge is 2.54. The van der Waals surface area contributed by atoms with Gasteiger partial charge in [0, 0.05) is 18.8 Å². The third-order valence-electron chi connectivity index (χ3n) is 5.42. The summed E-state index contributed by atoms with van der Waals surface area (Å²) in [7, 11) is 2.09. The largest absolute Gasteiger partial charge is 0.346 e. The zero-order valence-corrected chi connectivity index (χ0v) is 12.3. The van der Waals surface area contributed by atoms with E-state index >= 15 is 0 Å². The summed E-state index contributed by atoms with van der Waals surface area (Å²) in [6.07, 6.45) is 10.8. The minimum absolute atomic E-state index is 0.0339. The van der Waals surface area contributed by atoms with Gasteiger partial charge in [-0.15, -0.1) is 0 Å². The molecule has 5 heteroatoms. The Bertz CT molecular complexity index is 530. The Kier molecular flexibility index (Phi) is 2.69. The highest BCUT2D eigenvalue weighted by molar-refractivity contribution is 5.68. The lowest BCUT2D eigenvalue weighted by molar-refractivity contribution is 0.0342. The second-order valence-corrected chi connectivity index (χ2v) is 6.51. The van der Waals surface area contributed by atoms with Crippen LogP contribution in [0.4, 0.5) is 5.82 Å². The molecule has 0 aromatic carbocycles. The maximum atomic E-state index is 4.53. The molecule has 2 unspecified atom stereocenters. The van der Waals surface area contributed by atoms with Crippen molar-refractivity contribution in [3.63, 3.8) is 0 Å². The summed E-state index contributed by atoms with van der Waals surface area (Å²) in [5.41, 5.74) is 4.97. The number of hydrazine groups is 2. The first-order valence-electron chi connectivity index (χ1n) is 7.72. The van der Waals surface area contributed by atoms with Gasteiger partial charge in [0.1, 0.15) is 17.7 Å². The second kappa shape index (κ2) is 4.33. The first-order chi connectivity index (χ1) is 9.71. The lowest BCUT2D eigenvalue weighted by Crippen LogP contribution is -2.51. The van der Waals surface area contributed by atoms with Gasteiger partial charge in [0.25, 0.3) is 0 Å². The standard InChI is InChI=1S/C15H23N5/c1-15-12-8-9-16-14(12)17-10-20(15)19(2)18-13(15)11-6-4-3-5-7-11/h8-11,13,16,18H,3-7H2,1-2H3. The van der Waals surface area contributed by atoms with Gasteiger partial charge in [0.15, 0.2) is 0 Å². The van der Waals surface area contributed by atoms with Crippen LogP contribution in [0, 0.1) is 5.92 Å². The maximum absolute atomic E-state index is 4.53. The van der Waals surface area contributed by atoms with Crippen LogP contribution in [0.1, 0.15) is 44.6 Å². The zero-order valence-electron chi connectivity index (χ0n) is 12.3. The van der Waals surface area contributed by atoms with Crippen LogP contribution in [0.25, 0.3) is 0 Å². The number of hydrogen-bond acceptors (Lipinski definition) is 4. The first kappa shape index (κ1) is 12.4. The average molecular weight is 273 g/mol. The fourth-order valence-corrected chi connectivity index (χ4v) is 4.35. The highest BCUT2D eigenvalue weighted by atomic mass is 15.9. The van der Waals surface area contributed by atoms with E-state index in [0.29, 0.717) is 6.04 Å². The molecule has 1 aliphatic carbocycles. The minimum Gasteiger partial charge on any atom is -0.346 e. The molecule has 3 aliphatic rings. The number of aromatic amines is 1. The van der Waals surface area contributed by atoms with Gasteiger partial charge in [-0.25, -0.2) is 10.4 Å². The van der Waals surface area contributed by atoms with Crippen LogP contribution in [0.3, 0.4) is 0 Å². The molecule has 1 saturated carbocycles. The third kappa shape index (κ3) is 1.53. The number of nitrogens with zero attached hydrogens (tertiary/aromatic N) is 3. The second-order valence-electron chi connectivity index (χ2n) is 6.51. The van der Waals surface area contributed by atoms with Crippen molar-refractivity contribution in [1.29, 1.82) is 0 Å². The molecule has 20 heavy (non-hydrogen) atoms. The van der Waals surface area contributed by atoms with E-state index < -0.39 is 0 Å². The summed E-state index contributed by atoms with van der Waals surface area (Å²) < 4.78 is 0. The number of fused-ring (bicyclic) bond motifs is 3. The Labute approximate surface area is 120 Å². The Balaban J connectivity index is 1.76. The molecule has 2 aliphatic heterocycles. The van der Waals surface area contributed by atoms with Gasteiger partial charge in [-0.3, -0.25) is 5.01 Å². The van der Waals surface area contributed by atoms with Gasteiger partial charge in [-0.05, 0) is 31.7 Å². The van der Waals surface area contributed by atoms with E-state index in [-0.39, 0.29) is 5.54 Å². The maximum Gasteiger partial charge on any atom is 0.137 e. The van der Waals surface area contributed by atoms with Crippen molar-refractivity contribution in [2.75, 3.05) is 7.05 Å². The van der Waals surface area contributed by atoms with Crippen LogP contribution in [-0.2, 0) is 5.54 Å². The summed E-state index contributed by atoms with van der Waals surface area (Å²) in [6, 6.07) is 2.64. The molecule has 2 N–H and O–H groups in total. The van der Waals surface area contributed by atoms with E-state index in [1.54, 1.807) is 0 Å². The molecule has 0 radical (unpaired) electrons. The van der Waals surface area contributed by atoms with Crippen LogP contribution in [0.2, 0.25) is 0 Å². The Morgan fingerprint density at radius 1 is 1.30 bits per heavy atom. The van der Waals surface area contributed by atoms with E-state index in [9.17, 15) is 0 Å². The third-order valence-corrected chi connectivity index (χ3v) is 5.42. The monoisotopic (exact) mass is 273 g/mol. The highest BCUT2D eigenvalue weighted by Crippen LogP contribution is 2.47. The predicted octanol–water partition coefficient (Wildman–Crippen LogP) is 2.52. The van der Waals surface area contributed by atoms with Gasteiger partial charge in [-0.2, -0.15) is 5.12 Å². The first-order valence-corrected chi connectivity index (χ1v) is 7.72. The van der Waals surface area contributed by atoms with E-state index in [2.05, 4.69) is 45.6 Å². The minimum atomic E-state index is -0.0339. The summed E-state index contributed by atoms with van der Waals surface area (Å²) in [5.74, 6) is 1.76. The molecule has 1 aromatic rings. The van der Waals surface area contributed by atoms with Crippen LogP contribution in [0.5, 0.6) is 0 Å². The van der Waals surface area contributed by atoms with Gasteiger partial charge >= 0.3 is 0 Å². The van der Waals surface area contributed by atoms with Crippen molar-refractivity contribution in [3.05, 3.63) is 17.8 Å². The van der Waals surface area contributed by atoms with E-state index in [4.69, 9.17) is 0 Å². The zero-order chi connectivity index (χ0) is 13.7. The molecule has 5 nitrogen and oxygen atoms in total. The molecule has 3 heterocycles. The normalized spacial score (nSPS) is 34.3. The summed E-state index contributed by atoms with van der Waals surface area (Å²) in [5, 5.41) is 4.36. The smallest absolute Gasteiger partial charge is 0.137 e. The average Bonchev–Trinajstić information content (AvgIpc) is 3.04. The molecular formula is C15H23N5. The van der Waals surface area contributed by atoms with Crippen LogP contribution < -0.4 is 5.43 Å². The van der Waals surface area contributed by atoms with Crippen molar-refractivity contribution in [2.24, 2.45) is 10.9 Å². The number of aliphatic imine (C=N–C) groups is 1. The quantitative estimate of drug-likeness (QED) is 0.826. The molecule has 2 fully saturated rings. The number of H-pyrrole nitrogens is 1. The summed E-state index contributed by atoms with van der Waals surface area (Å²) in [6.45, 7) is 2.35. The van der Waals surface area contributed by atoms with E-state index in [0.717, 1.165) is 11.7 Å². The Hall–Kier alpha value is -1.33. The Morgan fingerprint density at radius 3 is 2.90 bits per heavy atom. The molecule has 1 aromatic heterocycles. The summed E-state index contributed by atoms with van der Waals surface area (Å²) in [4.78, 5) is 7.80. The SMILES string of the molecule is CN1NC(C2CCCCC2)C2(C)c3cc[nH]c3N=CN12. The van der Waals surface area contributed by atoms with Crippen LogP contribution in [0.15, 0.2) is 17.3 Å². The molecule has 4 rings (SSSR count). The number of nitrogens with one attached hydrogen (secondary N) is 2. The van der Waals surface area contributed by atoms with Gasteiger partial charge in [0.2, 0.25) is 0 Å². The van der Waals surface area contributed by atoms with Crippen molar-refractivity contribution in [3.8, 4) is 0 Å². The van der Waals surface area contributed by atoms with E-state index in [1.807, 2.05) is 12.5 Å². The van der Waals surface area contributed by atoms with E-state index in [1.165, 1.54) is 37.7 Å². The lowest BCUT2D eigenvalue weighted by Gasteiger charge is -2.42. The number of aromatic nitrogens is 1. The van der Waals surface area contributed by atoms with Gasteiger partial charge in [-0.1, -0.05) is 19.3 Å².